The second-order valence-corrected chi connectivity index (χ2v) is 8.26. The second kappa shape index (κ2) is 6.09. The third-order valence-electron chi connectivity index (χ3n) is 4.10. The van der Waals surface area contributed by atoms with Crippen molar-refractivity contribution in [3.05, 3.63) is 18.0 Å². The molecule has 5 nitrogen and oxygen atoms in total. The standard InChI is InChI=1S/C13H23N3O2S2/c1-3-16-9-12(7-11(16)8-14)20(17,18)15-10-13(19-2)5-4-6-13/h7,9,15H,3-6,8,10,14H2,1-2H3. The zero-order valence-electron chi connectivity index (χ0n) is 12.1. The molecule has 1 aromatic rings. The van der Waals surface area contributed by atoms with Crippen molar-refractivity contribution >= 4 is 21.8 Å². The summed E-state index contributed by atoms with van der Waals surface area (Å²) < 4.78 is 29.4. The fraction of sp³-hybridized carbons (Fsp3) is 0.692. The molecule has 3 N–H and O–H groups in total. The van der Waals surface area contributed by atoms with Crippen molar-refractivity contribution < 1.29 is 8.42 Å². The Hall–Kier alpha value is -0.500. The van der Waals surface area contributed by atoms with E-state index in [1.165, 1.54) is 6.42 Å². The van der Waals surface area contributed by atoms with Crippen molar-refractivity contribution in [3.8, 4) is 0 Å². The monoisotopic (exact) mass is 317 g/mol. The number of aromatic nitrogens is 1. The van der Waals surface area contributed by atoms with Crippen molar-refractivity contribution in [2.75, 3.05) is 12.8 Å². The number of nitrogens with one attached hydrogen (secondary N) is 1. The Morgan fingerprint density at radius 1 is 1.50 bits per heavy atom. The number of nitrogens with zero attached hydrogens (tertiary/aromatic N) is 1. The zero-order chi connectivity index (χ0) is 14.8. The van der Waals surface area contributed by atoms with E-state index in [2.05, 4.69) is 4.72 Å². The topological polar surface area (TPSA) is 77.1 Å². The molecular formula is C13H23N3O2S2. The van der Waals surface area contributed by atoms with E-state index in [0.717, 1.165) is 25.1 Å². The first-order valence-electron chi connectivity index (χ1n) is 6.90. The molecule has 0 spiro atoms. The Kier molecular flexibility index (Phi) is 4.84. The molecule has 7 heteroatoms. The third kappa shape index (κ3) is 3.05. The van der Waals surface area contributed by atoms with Gasteiger partial charge in [0.1, 0.15) is 0 Å². The van der Waals surface area contributed by atoms with Crippen LogP contribution in [0.2, 0.25) is 0 Å². The summed E-state index contributed by atoms with van der Waals surface area (Å²) in [6, 6.07) is 1.67. The smallest absolute Gasteiger partial charge is 0.242 e. The van der Waals surface area contributed by atoms with E-state index in [4.69, 9.17) is 5.73 Å². The Labute approximate surface area is 125 Å². The summed E-state index contributed by atoms with van der Waals surface area (Å²) in [5.74, 6) is 0. The molecule has 1 aliphatic carbocycles. The maximum Gasteiger partial charge on any atom is 0.242 e. The van der Waals surface area contributed by atoms with Gasteiger partial charge in [0.2, 0.25) is 10.0 Å². The van der Waals surface area contributed by atoms with E-state index in [9.17, 15) is 8.42 Å². The van der Waals surface area contributed by atoms with E-state index in [-0.39, 0.29) is 4.75 Å². The quantitative estimate of drug-likeness (QED) is 0.799. The Morgan fingerprint density at radius 3 is 2.60 bits per heavy atom. The molecule has 2 rings (SSSR count). The highest BCUT2D eigenvalue weighted by Gasteiger charge is 2.37. The number of hydrogen-bond acceptors (Lipinski definition) is 4. The molecule has 114 valence electrons. The van der Waals surface area contributed by atoms with Gasteiger partial charge in [0.05, 0.1) is 4.90 Å². The average molecular weight is 317 g/mol. The highest BCUT2D eigenvalue weighted by atomic mass is 32.2. The van der Waals surface area contributed by atoms with Gasteiger partial charge in [-0.1, -0.05) is 6.42 Å². The summed E-state index contributed by atoms with van der Waals surface area (Å²) in [5.41, 5.74) is 6.48. The third-order valence-corrected chi connectivity index (χ3v) is 6.89. The first-order chi connectivity index (χ1) is 9.46. The van der Waals surface area contributed by atoms with Crippen LogP contribution in [0.1, 0.15) is 31.9 Å². The predicted molar refractivity (Wildman–Crippen MR) is 83.3 cm³/mol. The van der Waals surface area contributed by atoms with Crippen LogP contribution in [-0.4, -0.2) is 30.5 Å². The minimum atomic E-state index is -3.44. The molecular weight excluding hydrogens is 294 g/mol. The molecule has 0 unspecified atom stereocenters. The Balaban J connectivity index is 2.12. The maximum absolute atomic E-state index is 12.4. The summed E-state index contributed by atoms with van der Waals surface area (Å²) in [6.45, 7) is 3.54. The summed E-state index contributed by atoms with van der Waals surface area (Å²) in [6.07, 6.45) is 7.07. The summed E-state index contributed by atoms with van der Waals surface area (Å²) >= 11 is 1.76. The fourth-order valence-corrected chi connectivity index (χ4v) is 4.67. The minimum Gasteiger partial charge on any atom is -0.349 e. The first-order valence-corrected chi connectivity index (χ1v) is 9.61. The Bertz CT molecular complexity index is 535. The van der Waals surface area contributed by atoms with Crippen LogP contribution in [0.25, 0.3) is 0 Å². The lowest BCUT2D eigenvalue weighted by Crippen LogP contribution is -2.45. The number of aryl methyl sites for hydroxylation is 1. The van der Waals surface area contributed by atoms with Gasteiger partial charge in [0.15, 0.2) is 0 Å². The normalized spacial score (nSPS) is 17.9. The van der Waals surface area contributed by atoms with Crippen LogP contribution in [0.15, 0.2) is 17.2 Å². The van der Waals surface area contributed by atoms with Crippen LogP contribution in [0.3, 0.4) is 0 Å². The molecule has 0 bridgehead atoms. The summed E-state index contributed by atoms with van der Waals surface area (Å²) in [5, 5.41) is 0. The molecule has 20 heavy (non-hydrogen) atoms. The molecule has 0 atom stereocenters. The molecule has 1 aliphatic rings. The van der Waals surface area contributed by atoms with Crippen molar-refractivity contribution in [2.24, 2.45) is 5.73 Å². The van der Waals surface area contributed by atoms with Gasteiger partial charge in [-0.3, -0.25) is 0 Å². The van der Waals surface area contributed by atoms with Crippen molar-refractivity contribution in [3.63, 3.8) is 0 Å². The van der Waals surface area contributed by atoms with Crippen molar-refractivity contribution in [2.45, 2.75) is 48.9 Å². The fourth-order valence-electron chi connectivity index (χ4n) is 2.47. The van der Waals surface area contributed by atoms with Gasteiger partial charge < -0.3 is 10.3 Å². The highest BCUT2D eigenvalue weighted by molar-refractivity contribution is 8.00. The zero-order valence-corrected chi connectivity index (χ0v) is 13.7. The number of nitrogens with two attached hydrogens (primary N) is 1. The molecule has 1 fully saturated rings. The van der Waals surface area contributed by atoms with Gasteiger partial charge in [-0.15, -0.1) is 0 Å². The number of sulfonamides is 1. The van der Waals surface area contributed by atoms with E-state index >= 15 is 0 Å². The van der Waals surface area contributed by atoms with E-state index in [0.29, 0.717) is 18.0 Å². The van der Waals surface area contributed by atoms with Crippen LogP contribution in [0, 0.1) is 0 Å². The predicted octanol–water partition coefficient (Wildman–Crippen LogP) is 1.53. The van der Waals surface area contributed by atoms with E-state index in [1.807, 2.05) is 17.7 Å². The second-order valence-electron chi connectivity index (χ2n) is 5.22. The number of hydrogen-bond donors (Lipinski definition) is 2. The molecule has 0 radical (unpaired) electrons. The van der Waals surface area contributed by atoms with Crippen LogP contribution >= 0.6 is 11.8 Å². The molecule has 0 aliphatic heterocycles. The van der Waals surface area contributed by atoms with Crippen LogP contribution in [0.4, 0.5) is 0 Å². The lowest BCUT2D eigenvalue weighted by atomic mass is 9.84. The van der Waals surface area contributed by atoms with Gasteiger partial charge in [-0.25, -0.2) is 13.1 Å². The number of rotatable bonds is 7. The van der Waals surface area contributed by atoms with Gasteiger partial charge in [-0.05, 0) is 32.1 Å². The number of thioether (sulfide) groups is 1. The highest BCUT2D eigenvalue weighted by Crippen LogP contribution is 2.42. The summed E-state index contributed by atoms with van der Waals surface area (Å²) in [7, 11) is -3.44. The lowest BCUT2D eigenvalue weighted by molar-refractivity contribution is 0.362. The Morgan fingerprint density at radius 2 is 2.20 bits per heavy atom. The molecule has 1 aromatic heterocycles. The summed E-state index contributed by atoms with van der Waals surface area (Å²) in [4.78, 5) is 0.315. The molecule has 0 saturated heterocycles. The van der Waals surface area contributed by atoms with E-state index < -0.39 is 10.0 Å². The average Bonchev–Trinajstić information content (AvgIpc) is 2.82. The molecule has 1 saturated carbocycles. The van der Waals surface area contributed by atoms with E-state index in [1.54, 1.807) is 24.0 Å². The maximum atomic E-state index is 12.4. The van der Waals surface area contributed by atoms with Gasteiger partial charge >= 0.3 is 0 Å². The lowest BCUT2D eigenvalue weighted by Gasteiger charge is -2.40. The van der Waals surface area contributed by atoms with Crippen LogP contribution in [0.5, 0.6) is 0 Å². The molecule has 0 aromatic carbocycles. The van der Waals surface area contributed by atoms with Crippen LogP contribution in [-0.2, 0) is 23.1 Å². The largest absolute Gasteiger partial charge is 0.349 e. The van der Waals surface area contributed by atoms with Gasteiger partial charge in [0.25, 0.3) is 0 Å². The van der Waals surface area contributed by atoms with Gasteiger partial charge in [-0.2, -0.15) is 11.8 Å². The van der Waals surface area contributed by atoms with Gasteiger partial charge in [0, 0.05) is 36.3 Å². The minimum absolute atomic E-state index is 0.0943. The van der Waals surface area contributed by atoms with Crippen molar-refractivity contribution in [1.29, 1.82) is 0 Å². The SMILES string of the molecule is CCn1cc(S(=O)(=O)NCC2(SC)CCC2)cc1CN. The molecule has 0 amide bonds. The first kappa shape index (κ1) is 15.9. The van der Waals surface area contributed by atoms with Crippen LogP contribution < -0.4 is 10.5 Å². The van der Waals surface area contributed by atoms with Crippen molar-refractivity contribution in [1.82, 2.24) is 9.29 Å². The molecule has 1 heterocycles.